The first-order valence-electron chi connectivity index (χ1n) is 3.25. The molecule has 0 spiro atoms. The minimum atomic E-state index is 0. The molecule has 0 amide bonds. The van der Waals surface area contributed by atoms with Crippen LogP contribution in [0.3, 0.4) is 0 Å². The Morgan fingerprint density at radius 3 is 2.44 bits per heavy atom. The fourth-order valence-corrected chi connectivity index (χ4v) is 0.493. The zero-order valence-corrected chi connectivity index (χ0v) is 6.78. The Kier molecular flexibility index (Phi) is 15.4. The van der Waals surface area contributed by atoms with E-state index in [0.717, 1.165) is 26.2 Å². The van der Waals surface area contributed by atoms with Gasteiger partial charge in [-0.15, -0.1) is 6.54 Å². The molecule has 50 valence electrons. The maximum atomic E-state index is 4.15. The van der Waals surface area contributed by atoms with E-state index in [-0.39, 0.29) is 18.9 Å². The Hall–Kier alpha value is 0.517. The third-order valence-electron chi connectivity index (χ3n) is 0.920. The summed E-state index contributed by atoms with van der Waals surface area (Å²) in [5.41, 5.74) is 0. The van der Waals surface area contributed by atoms with E-state index >= 15 is 0 Å². The largest absolute Gasteiger partial charge is 1.00 e. The van der Waals surface area contributed by atoms with E-state index < -0.39 is 0 Å². The molecular weight excluding hydrogens is 107 g/mol. The zero-order chi connectivity index (χ0) is 6.24. The Morgan fingerprint density at radius 1 is 1.33 bits per heavy atom. The van der Waals surface area contributed by atoms with Crippen molar-refractivity contribution in [3.05, 3.63) is 5.32 Å². The van der Waals surface area contributed by atoms with Crippen LogP contribution in [0, 0.1) is 0 Å². The molecule has 0 aliphatic heterocycles. The first-order valence-corrected chi connectivity index (χ1v) is 3.25. The van der Waals surface area contributed by atoms with Gasteiger partial charge in [0.25, 0.3) is 0 Å². The Balaban J connectivity index is 0. The van der Waals surface area contributed by atoms with E-state index in [1.807, 2.05) is 0 Å². The maximum absolute atomic E-state index is 4.15. The molecule has 0 fully saturated rings. The van der Waals surface area contributed by atoms with Gasteiger partial charge in [-0.05, 0) is 13.1 Å². The standard InChI is InChI=1S/C6H15N2.Li/c1-3-7-5-6-8-4-2;/h7H,3-6H2,1-2H3;/q-1;+1. The molecule has 0 saturated carbocycles. The van der Waals surface area contributed by atoms with Gasteiger partial charge in [0.2, 0.25) is 0 Å². The first-order chi connectivity index (χ1) is 3.91. The van der Waals surface area contributed by atoms with E-state index in [9.17, 15) is 0 Å². The number of rotatable bonds is 5. The third kappa shape index (κ3) is 11.9. The molecule has 0 radical (unpaired) electrons. The van der Waals surface area contributed by atoms with Crippen LogP contribution in [0.1, 0.15) is 13.8 Å². The average molecular weight is 122 g/mol. The molecule has 0 unspecified atom stereocenters. The van der Waals surface area contributed by atoms with E-state index in [1.54, 1.807) is 0 Å². The van der Waals surface area contributed by atoms with Gasteiger partial charge in [-0.2, -0.15) is 6.54 Å². The van der Waals surface area contributed by atoms with Gasteiger partial charge in [-0.3, -0.25) is 0 Å². The Labute approximate surface area is 70.0 Å². The van der Waals surface area contributed by atoms with Crippen molar-refractivity contribution in [1.82, 2.24) is 5.32 Å². The van der Waals surface area contributed by atoms with Crippen molar-refractivity contribution >= 4 is 0 Å². The van der Waals surface area contributed by atoms with Crippen molar-refractivity contribution in [1.29, 1.82) is 0 Å². The maximum Gasteiger partial charge on any atom is 1.00 e. The minimum Gasteiger partial charge on any atom is -0.661 e. The van der Waals surface area contributed by atoms with Crippen LogP contribution in [0.5, 0.6) is 0 Å². The van der Waals surface area contributed by atoms with Crippen LogP contribution < -0.4 is 24.2 Å². The number of hydrogen-bond acceptors (Lipinski definition) is 1. The number of nitrogens with one attached hydrogen (secondary N) is 1. The average Bonchev–Trinajstić information content (AvgIpc) is 1.81. The smallest absolute Gasteiger partial charge is 0.661 e. The zero-order valence-electron chi connectivity index (χ0n) is 6.78. The number of nitrogens with zero attached hydrogens (tertiary/aromatic N) is 1. The second kappa shape index (κ2) is 11.3. The molecule has 0 atom stereocenters. The summed E-state index contributed by atoms with van der Waals surface area (Å²) in [5, 5.41) is 7.34. The first kappa shape index (κ1) is 12.2. The van der Waals surface area contributed by atoms with Gasteiger partial charge in [0.1, 0.15) is 0 Å². The van der Waals surface area contributed by atoms with Gasteiger partial charge in [0.05, 0.1) is 0 Å². The van der Waals surface area contributed by atoms with E-state index in [0.29, 0.717) is 0 Å². The molecule has 0 heterocycles. The van der Waals surface area contributed by atoms with Crippen molar-refractivity contribution in [2.45, 2.75) is 13.8 Å². The summed E-state index contributed by atoms with van der Waals surface area (Å²) in [6.45, 7) is 8.16. The minimum absolute atomic E-state index is 0. The molecule has 0 aromatic heterocycles. The van der Waals surface area contributed by atoms with Crippen molar-refractivity contribution in [2.24, 2.45) is 0 Å². The fourth-order valence-electron chi connectivity index (χ4n) is 0.493. The van der Waals surface area contributed by atoms with Crippen molar-refractivity contribution in [2.75, 3.05) is 26.2 Å². The predicted molar refractivity (Wildman–Crippen MR) is 37.3 cm³/mol. The monoisotopic (exact) mass is 122 g/mol. The molecule has 0 rings (SSSR count). The molecular formula is C6H15LiN2. The quantitative estimate of drug-likeness (QED) is 0.331. The summed E-state index contributed by atoms with van der Waals surface area (Å²) < 4.78 is 0. The van der Waals surface area contributed by atoms with Crippen LogP contribution in [0.15, 0.2) is 0 Å². The number of likely N-dealkylation sites (N-methyl/N-ethyl adjacent to an activating group) is 2. The van der Waals surface area contributed by atoms with Gasteiger partial charge in [0.15, 0.2) is 0 Å². The summed E-state index contributed by atoms with van der Waals surface area (Å²) in [4.78, 5) is 0. The normalized spacial score (nSPS) is 8.67. The molecule has 0 bridgehead atoms. The summed E-state index contributed by atoms with van der Waals surface area (Å²) in [6.07, 6.45) is 0. The topological polar surface area (TPSA) is 26.1 Å². The van der Waals surface area contributed by atoms with Crippen molar-refractivity contribution < 1.29 is 18.9 Å². The molecule has 2 nitrogen and oxygen atoms in total. The Bertz CT molecular complexity index is 36.0. The second-order valence-corrected chi connectivity index (χ2v) is 1.62. The molecule has 0 aliphatic carbocycles. The molecule has 0 aromatic carbocycles. The van der Waals surface area contributed by atoms with E-state index in [2.05, 4.69) is 24.5 Å². The summed E-state index contributed by atoms with van der Waals surface area (Å²) in [6, 6.07) is 0. The van der Waals surface area contributed by atoms with Gasteiger partial charge in [-0.25, -0.2) is 0 Å². The summed E-state index contributed by atoms with van der Waals surface area (Å²) in [5.74, 6) is 0. The van der Waals surface area contributed by atoms with Crippen molar-refractivity contribution in [3.8, 4) is 0 Å². The molecule has 0 aromatic rings. The fraction of sp³-hybridized carbons (Fsp3) is 1.00. The Morgan fingerprint density at radius 2 is 2.00 bits per heavy atom. The second-order valence-electron chi connectivity index (χ2n) is 1.62. The predicted octanol–water partition coefficient (Wildman–Crippen LogP) is -2.01. The SMILES string of the molecule is CC[N-]CCNCC.[Li+]. The van der Waals surface area contributed by atoms with Gasteiger partial charge in [-0.1, -0.05) is 13.8 Å². The van der Waals surface area contributed by atoms with Crippen molar-refractivity contribution in [3.63, 3.8) is 0 Å². The molecule has 9 heavy (non-hydrogen) atoms. The molecule has 0 aliphatic rings. The molecule has 3 heteroatoms. The summed E-state index contributed by atoms with van der Waals surface area (Å²) in [7, 11) is 0. The van der Waals surface area contributed by atoms with Crippen LogP contribution in [-0.4, -0.2) is 26.2 Å². The van der Waals surface area contributed by atoms with Gasteiger partial charge in [0, 0.05) is 0 Å². The molecule has 1 N–H and O–H groups in total. The number of hydrogen-bond donors (Lipinski definition) is 1. The van der Waals surface area contributed by atoms with Crippen LogP contribution in [0.4, 0.5) is 0 Å². The van der Waals surface area contributed by atoms with Crippen LogP contribution in [0.25, 0.3) is 5.32 Å². The molecule has 0 saturated heterocycles. The van der Waals surface area contributed by atoms with Crippen LogP contribution in [0.2, 0.25) is 0 Å². The third-order valence-corrected chi connectivity index (χ3v) is 0.920. The van der Waals surface area contributed by atoms with Gasteiger partial charge < -0.3 is 10.6 Å². The van der Waals surface area contributed by atoms with E-state index in [4.69, 9.17) is 0 Å². The van der Waals surface area contributed by atoms with Crippen LogP contribution in [-0.2, 0) is 0 Å². The van der Waals surface area contributed by atoms with Crippen LogP contribution >= 0.6 is 0 Å². The summed E-state index contributed by atoms with van der Waals surface area (Å²) >= 11 is 0. The van der Waals surface area contributed by atoms with E-state index in [1.165, 1.54) is 0 Å². The van der Waals surface area contributed by atoms with Gasteiger partial charge >= 0.3 is 18.9 Å².